The molecule has 21 heavy (non-hydrogen) atoms. The summed E-state index contributed by atoms with van der Waals surface area (Å²) in [4.78, 5) is 4.10. The molecule has 100 valence electrons. The number of hydrogen-bond donors (Lipinski definition) is 0. The number of pyridine rings is 1. The standard InChI is InChI=1S/C18H12N2O/c1-2-5-14-10-15(8-7-13(14)4-1)18-11-17(20-21-18)16-6-3-9-19-12-16/h1-12H. The zero-order chi connectivity index (χ0) is 14.1. The van der Waals surface area contributed by atoms with Gasteiger partial charge in [0.1, 0.15) is 5.69 Å². The molecule has 0 aliphatic rings. The van der Waals surface area contributed by atoms with Crippen LogP contribution in [0.4, 0.5) is 0 Å². The molecule has 0 amide bonds. The average Bonchev–Trinajstić information content (AvgIpc) is 3.05. The van der Waals surface area contributed by atoms with Gasteiger partial charge in [-0.1, -0.05) is 41.6 Å². The van der Waals surface area contributed by atoms with E-state index in [2.05, 4.69) is 40.5 Å². The van der Waals surface area contributed by atoms with Gasteiger partial charge in [-0.3, -0.25) is 4.98 Å². The van der Waals surface area contributed by atoms with E-state index in [1.165, 1.54) is 10.8 Å². The summed E-state index contributed by atoms with van der Waals surface area (Å²) in [7, 11) is 0. The summed E-state index contributed by atoms with van der Waals surface area (Å²) in [6, 6.07) is 20.3. The van der Waals surface area contributed by atoms with Crippen molar-refractivity contribution in [2.75, 3.05) is 0 Å². The zero-order valence-electron chi connectivity index (χ0n) is 11.2. The third-order valence-electron chi connectivity index (χ3n) is 3.50. The highest BCUT2D eigenvalue weighted by molar-refractivity contribution is 5.86. The van der Waals surface area contributed by atoms with Crippen LogP contribution in [0.2, 0.25) is 0 Å². The lowest BCUT2D eigenvalue weighted by Gasteiger charge is -1.99. The molecule has 2 aromatic carbocycles. The molecule has 3 heteroatoms. The fourth-order valence-corrected chi connectivity index (χ4v) is 2.40. The summed E-state index contributed by atoms with van der Waals surface area (Å²) in [5.41, 5.74) is 2.77. The topological polar surface area (TPSA) is 38.9 Å². The fourth-order valence-electron chi connectivity index (χ4n) is 2.40. The third kappa shape index (κ3) is 2.19. The Hall–Kier alpha value is -2.94. The van der Waals surface area contributed by atoms with E-state index in [1.54, 1.807) is 12.4 Å². The molecule has 0 spiro atoms. The van der Waals surface area contributed by atoms with E-state index in [0.717, 1.165) is 22.6 Å². The van der Waals surface area contributed by atoms with Crippen molar-refractivity contribution in [2.45, 2.75) is 0 Å². The lowest BCUT2D eigenvalue weighted by molar-refractivity contribution is 0.435. The largest absolute Gasteiger partial charge is 0.356 e. The van der Waals surface area contributed by atoms with Crippen molar-refractivity contribution < 1.29 is 4.52 Å². The van der Waals surface area contributed by atoms with Gasteiger partial charge >= 0.3 is 0 Å². The van der Waals surface area contributed by atoms with E-state index in [-0.39, 0.29) is 0 Å². The summed E-state index contributed by atoms with van der Waals surface area (Å²) in [6.07, 6.45) is 3.52. The van der Waals surface area contributed by atoms with E-state index in [9.17, 15) is 0 Å². The first-order valence-corrected chi connectivity index (χ1v) is 6.76. The second kappa shape index (κ2) is 4.87. The molecule has 0 N–H and O–H groups in total. The van der Waals surface area contributed by atoms with E-state index < -0.39 is 0 Å². The van der Waals surface area contributed by atoms with Crippen LogP contribution in [0.3, 0.4) is 0 Å². The molecule has 0 aliphatic carbocycles. The number of aromatic nitrogens is 2. The van der Waals surface area contributed by atoms with Crippen LogP contribution in [0.5, 0.6) is 0 Å². The molecule has 0 fully saturated rings. The van der Waals surface area contributed by atoms with Gasteiger partial charge in [-0.05, 0) is 29.0 Å². The highest BCUT2D eigenvalue weighted by atomic mass is 16.5. The average molecular weight is 272 g/mol. The van der Waals surface area contributed by atoms with Crippen LogP contribution < -0.4 is 0 Å². The summed E-state index contributed by atoms with van der Waals surface area (Å²) >= 11 is 0. The molecule has 4 rings (SSSR count). The minimum absolute atomic E-state index is 0.764. The molecule has 3 nitrogen and oxygen atoms in total. The first-order chi connectivity index (χ1) is 10.4. The van der Waals surface area contributed by atoms with Gasteiger partial charge in [0.25, 0.3) is 0 Å². The lowest BCUT2D eigenvalue weighted by Crippen LogP contribution is -1.77. The first-order valence-electron chi connectivity index (χ1n) is 6.76. The Kier molecular flexibility index (Phi) is 2.75. The monoisotopic (exact) mass is 272 g/mol. The Morgan fingerprint density at radius 1 is 0.762 bits per heavy atom. The number of hydrogen-bond acceptors (Lipinski definition) is 3. The van der Waals surface area contributed by atoms with Gasteiger partial charge in [-0.2, -0.15) is 0 Å². The maximum atomic E-state index is 5.48. The molecule has 0 unspecified atom stereocenters. The summed E-state index contributed by atoms with van der Waals surface area (Å²) in [5.74, 6) is 0.764. The predicted molar refractivity (Wildman–Crippen MR) is 82.7 cm³/mol. The third-order valence-corrected chi connectivity index (χ3v) is 3.50. The minimum Gasteiger partial charge on any atom is -0.356 e. The molecule has 0 aliphatic heterocycles. The molecule has 4 aromatic rings. The lowest BCUT2D eigenvalue weighted by atomic mass is 10.1. The highest BCUT2D eigenvalue weighted by Crippen LogP contribution is 2.28. The minimum atomic E-state index is 0.764. The molecular formula is C18H12N2O. The molecule has 0 saturated heterocycles. The summed E-state index contributed by atoms with van der Waals surface area (Å²) < 4.78 is 5.48. The molecule has 2 heterocycles. The van der Waals surface area contributed by atoms with Crippen molar-refractivity contribution in [1.82, 2.24) is 10.1 Å². The van der Waals surface area contributed by atoms with Gasteiger partial charge in [0.2, 0.25) is 0 Å². The summed E-state index contributed by atoms with van der Waals surface area (Å²) in [5, 5.41) is 6.53. The second-order valence-corrected chi connectivity index (χ2v) is 4.88. The van der Waals surface area contributed by atoms with Crippen molar-refractivity contribution in [1.29, 1.82) is 0 Å². The van der Waals surface area contributed by atoms with Crippen LogP contribution >= 0.6 is 0 Å². The van der Waals surface area contributed by atoms with Crippen LogP contribution in [0.15, 0.2) is 77.6 Å². The van der Waals surface area contributed by atoms with Crippen molar-refractivity contribution in [3.05, 3.63) is 73.1 Å². The smallest absolute Gasteiger partial charge is 0.167 e. The zero-order valence-corrected chi connectivity index (χ0v) is 11.2. The van der Waals surface area contributed by atoms with Gasteiger partial charge in [-0.25, -0.2) is 0 Å². The number of nitrogens with zero attached hydrogens (tertiary/aromatic N) is 2. The van der Waals surface area contributed by atoms with Crippen LogP contribution in [-0.2, 0) is 0 Å². The number of benzene rings is 2. The van der Waals surface area contributed by atoms with Crippen LogP contribution in [0.1, 0.15) is 0 Å². The van der Waals surface area contributed by atoms with E-state index in [4.69, 9.17) is 4.52 Å². The molecule has 0 saturated carbocycles. The molecule has 0 bridgehead atoms. The Bertz CT molecular complexity index is 897. The van der Waals surface area contributed by atoms with Crippen molar-refractivity contribution in [3.63, 3.8) is 0 Å². The van der Waals surface area contributed by atoms with Crippen LogP contribution in [0, 0.1) is 0 Å². The fraction of sp³-hybridized carbons (Fsp3) is 0. The Morgan fingerprint density at radius 2 is 1.67 bits per heavy atom. The molecule has 0 radical (unpaired) electrons. The quantitative estimate of drug-likeness (QED) is 0.537. The normalized spacial score (nSPS) is 10.9. The van der Waals surface area contributed by atoms with E-state index in [0.29, 0.717) is 0 Å². The Balaban J connectivity index is 1.77. The summed E-state index contributed by atoms with van der Waals surface area (Å²) in [6.45, 7) is 0. The van der Waals surface area contributed by atoms with Crippen LogP contribution in [-0.4, -0.2) is 10.1 Å². The van der Waals surface area contributed by atoms with E-state index >= 15 is 0 Å². The van der Waals surface area contributed by atoms with Crippen molar-refractivity contribution in [3.8, 4) is 22.6 Å². The number of rotatable bonds is 2. The Labute approximate surface area is 121 Å². The van der Waals surface area contributed by atoms with Gasteiger partial charge in [0.05, 0.1) is 0 Å². The van der Waals surface area contributed by atoms with E-state index in [1.807, 2.05) is 30.3 Å². The van der Waals surface area contributed by atoms with Gasteiger partial charge < -0.3 is 4.52 Å². The maximum Gasteiger partial charge on any atom is 0.167 e. The van der Waals surface area contributed by atoms with Gasteiger partial charge in [0.15, 0.2) is 5.76 Å². The first kappa shape index (κ1) is 11.9. The van der Waals surface area contributed by atoms with Gasteiger partial charge in [0, 0.05) is 29.6 Å². The maximum absolute atomic E-state index is 5.48. The molecule has 0 atom stereocenters. The van der Waals surface area contributed by atoms with Crippen molar-refractivity contribution in [2.24, 2.45) is 0 Å². The number of fused-ring (bicyclic) bond motifs is 1. The second-order valence-electron chi connectivity index (χ2n) is 4.88. The molecular weight excluding hydrogens is 260 g/mol. The highest BCUT2D eigenvalue weighted by Gasteiger charge is 2.09. The van der Waals surface area contributed by atoms with Crippen LogP contribution in [0.25, 0.3) is 33.4 Å². The van der Waals surface area contributed by atoms with Crippen molar-refractivity contribution >= 4 is 10.8 Å². The van der Waals surface area contributed by atoms with Gasteiger partial charge in [-0.15, -0.1) is 0 Å². The Morgan fingerprint density at radius 3 is 2.52 bits per heavy atom. The SMILES string of the molecule is c1cncc(-c2cc(-c3ccc4ccccc4c3)on2)c1. The molecule has 2 aromatic heterocycles. The predicted octanol–water partition coefficient (Wildman–Crippen LogP) is 4.56.